The molecule has 0 saturated carbocycles. The third kappa shape index (κ3) is 3.56. The first-order valence-corrected chi connectivity index (χ1v) is 9.61. The summed E-state index contributed by atoms with van der Waals surface area (Å²) in [6.07, 6.45) is 1.68. The van der Waals surface area contributed by atoms with Gasteiger partial charge in [-0.05, 0) is 43.3 Å². The Kier molecular flexibility index (Phi) is 4.64. The van der Waals surface area contributed by atoms with Gasteiger partial charge in [0.25, 0.3) is 0 Å². The number of benzene rings is 1. The number of anilines is 1. The number of amides is 1. The Bertz CT molecular complexity index is 1250. The summed E-state index contributed by atoms with van der Waals surface area (Å²) >= 11 is 0. The summed E-state index contributed by atoms with van der Waals surface area (Å²) in [5.74, 6) is 0.845. The number of nitrogens with one attached hydrogen (secondary N) is 1. The van der Waals surface area contributed by atoms with Crippen molar-refractivity contribution in [2.75, 3.05) is 5.32 Å². The molecule has 8 heteroatoms. The molecule has 0 aliphatic carbocycles. The summed E-state index contributed by atoms with van der Waals surface area (Å²) in [5.41, 5.74) is 3.13. The number of carbonyl (C=O) groups excluding carboxylic acids is 1. The van der Waals surface area contributed by atoms with Crippen LogP contribution in [0.3, 0.4) is 0 Å². The summed E-state index contributed by atoms with van der Waals surface area (Å²) in [7, 11) is 1.92. The number of rotatable bonds is 3. The Morgan fingerprint density at radius 2 is 1.77 bits per heavy atom. The van der Waals surface area contributed by atoms with Gasteiger partial charge in [-0.3, -0.25) is 4.79 Å². The fourth-order valence-corrected chi connectivity index (χ4v) is 3.08. The molecule has 0 atom stereocenters. The molecule has 0 saturated heterocycles. The molecule has 0 radical (unpaired) electrons. The molecular formula is C22H23FN6O. The lowest BCUT2D eigenvalue weighted by atomic mass is 9.96. The highest BCUT2D eigenvalue weighted by molar-refractivity contribution is 5.93. The van der Waals surface area contributed by atoms with Crippen LogP contribution in [0.4, 0.5) is 10.2 Å². The highest BCUT2D eigenvalue weighted by Crippen LogP contribution is 2.31. The minimum atomic E-state index is -0.523. The molecule has 0 unspecified atom stereocenters. The first kappa shape index (κ1) is 19.8. The fourth-order valence-electron chi connectivity index (χ4n) is 3.08. The Morgan fingerprint density at radius 1 is 1.07 bits per heavy atom. The summed E-state index contributed by atoms with van der Waals surface area (Å²) in [5, 5.41) is 7.51. The van der Waals surface area contributed by atoms with Gasteiger partial charge in [-0.2, -0.15) is 5.10 Å². The molecule has 7 nitrogen and oxygen atoms in total. The number of fused-ring (bicyclic) bond motifs is 1. The molecule has 4 aromatic rings. The first-order valence-electron chi connectivity index (χ1n) is 9.61. The van der Waals surface area contributed by atoms with E-state index in [2.05, 4.69) is 20.4 Å². The minimum Gasteiger partial charge on any atom is -0.330 e. The second kappa shape index (κ2) is 7.05. The van der Waals surface area contributed by atoms with Crippen LogP contribution in [-0.2, 0) is 11.8 Å². The predicted molar refractivity (Wildman–Crippen MR) is 113 cm³/mol. The van der Waals surface area contributed by atoms with Gasteiger partial charge >= 0.3 is 0 Å². The second-order valence-electron chi connectivity index (χ2n) is 8.27. The quantitative estimate of drug-likeness (QED) is 0.552. The van der Waals surface area contributed by atoms with Crippen LogP contribution in [0.15, 0.2) is 42.6 Å². The fraction of sp³-hybridized carbons (Fsp3) is 0.273. The van der Waals surface area contributed by atoms with Gasteiger partial charge in [0.2, 0.25) is 5.91 Å². The van der Waals surface area contributed by atoms with E-state index in [0.29, 0.717) is 17.2 Å². The zero-order chi connectivity index (χ0) is 21.6. The topological polar surface area (TPSA) is 77.1 Å². The van der Waals surface area contributed by atoms with Crippen LogP contribution in [0, 0.1) is 18.2 Å². The molecule has 3 heterocycles. The van der Waals surface area contributed by atoms with Crippen LogP contribution < -0.4 is 5.32 Å². The van der Waals surface area contributed by atoms with Crippen LogP contribution in [0.2, 0.25) is 0 Å². The van der Waals surface area contributed by atoms with Gasteiger partial charge < -0.3 is 9.88 Å². The van der Waals surface area contributed by atoms with Crippen molar-refractivity contribution < 1.29 is 9.18 Å². The second-order valence-corrected chi connectivity index (χ2v) is 8.27. The van der Waals surface area contributed by atoms with Crippen molar-refractivity contribution in [3.8, 4) is 22.6 Å². The van der Waals surface area contributed by atoms with Crippen molar-refractivity contribution in [2.45, 2.75) is 27.7 Å². The van der Waals surface area contributed by atoms with Crippen molar-refractivity contribution in [3.63, 3.8) is 0 Å². The Morgan fingerprint density at radius 3 is 2.43 bits per heavy atom. The van der Waals surface area contributed by atoms with E-state index >= 15 is 0 Å². The molecule has 0 aliphatic heterocycles. The lowest BCUT2D eigenvalue weighted by Crippen LogP contribution is -2.27. The smallest absolute Gasteiger partial charge is 0.230 e. The third-order valence-electron chi connectivity index (χ3n) is 4.92. The molecule has 154 valence electrons. The molecule has 30 heavy (non-hydrogen) atoms. The van der Waals surface area contributed by atoms with Gasteiger partial charge in [0.15, 0.2) is 11.5 Å². The summed E-state index contributed by atoms with van der Waals surface area (Å²) in [6.45, 7) is 7.44. The molecule has 0 spiro atoms. The molecular weight excluding hydrogens is 383 g/mol. The van der Waals surface area contributed by atoms with Gasteiger partial charge in [-0.25, -0.2) is 18.9 Å². The number of hydrogen-bond acceptors (Lipinski definition) is 4. The number of aromatic nitrogens is 5. The van der Waals surface area contributed by atoms with Gasteiger partial charge in [0, 0.05) is 18.0 Å². The lowest BCUT2D eigenvalue weighted by molar-refractivity contribution is -0.123. The standard InChI is InChI=1S/C22H23FN6O/c1-13-24-19(14-6-8-15(23)9-7-14)20(28(13)5)16-10-11-18-25-17(12-29(18)27-16)26-21(30)22(2,3)4/h6-12H,1-5H3,(H,26,30). The zero-order valence-electron chi connectivity index (χ0n) is 17.6. The third-order valence-corrected chi connectivity index (χ3v) is 4.92. The van der Waals surface area contributed by atoms with Crippen molar-refractivity contribution >= 4 is 17.4 Å². The number of carbonyl (C=O) groups is 1. The van der Waals surface area contributed by atoms with Crippen LogP contribution in [0.1, 0.15) is 26.6 Å². The highest BCUT2D eigenvalue weighted by Gasteiger charge is 2.22. The Labute approximate surface area is 173 Å². The van der Waals surface area contributed by atoms with Gasteiger partial charge in [-0.1, -0.05) is 20.8 Å². The summed E-state index contributed by atoms with van der Waals surface area (Å²) < 4.78 is 17.0. The highest BCUT2D eigenvalue weighted by atomic mass is 19.1. The zero-order valence-corrected chi connectivity index (χ0v) is 17.6. The van der Waals surface area contributed by atoms with Crippen LogP contribution >= 0.6 is 0 Å². The largest absolute Gasteiger partial charge is 0.330 e. The number of hydrogen-bond donors (Lipinski definition) is 1. The van der Waals surface area contributed by atoms with Crippen LogP contribution in [-0.4, -0.2) is 30.1 Å². The number of aryl methyl sites for hydroxylation is 1. The van der Waals surface area contributed by atoms with Crippen molar-refractivity contribution in [1.82, 2.24) is 24.1 Å². The Balaban J connectivity index is 1.77. The van der Waals surface area contributed by atoms with Crippen molar-refractivity contribution in [3.05, 3.63) is 54.2 Å². The SMILES string of the molecule is Cc1nc(-c2ccc(F)cc2)c(-c2ccc3nc(NC(=O)C(C)(C)C)cn3n2)n1C. The maximum atomic E-state index is 13.4. The summed E-state index contributed by atoms with van der Waals surface area (Å²) in [6, 6.07) is 9.94. The van der Waals surface area contributed by atoms with Crippen LogP contribution in [0.5, 0.6) is 0 Å². The molecule has 4 rings (SSSR count). The van der Waals surface area contributed by atoms with E-state index in [0.717, 1.165) is 22.8 Å². The monoisotopic (exact) mass is 406 g/mol. The van der Waals surface area contributed by atoms with Gasteiger partial charge in [0.1, 0.15) is 17.3 Å². The van der Waals surface area contributed by atoms with E-state index in [1.807, 2.05) is 51.4 Å². The lowest BCUT2D eigenvalue weighted by Gasteiger charge is -2.15. The van der Waals surface area contributed by atoms with Crippen molar-refractivity contribution in [2.24, 2.45) is 12.5 Å². The number of halogens is 1. The number of imidazole rings is 2. The molecule has 1 aromatic carbocycles. The summed E-state index contributed by atoms with van der Waals surface area (Å²) in [4.78, 5) is 21.3. The van der Waals surface area contributed by atoms with E-state index < -0.39 is 5.41 Å². The maximum Gasteiger partial charge on any atom is 0.230 e. The average molecular weight is 406 g/mol. The number of nitrogens with zero attached hydrogens (tertiary/aromatic N) is 5. The minimum absolute atomic E-state index is 0.119. The predicted octanol–water partition coefficient (Wildman–Crippen LogP) is 4.23. The molecule has 0 fully saturated rings. The van der Waals surface area contributed by atoms with E-state index in [9.17, 15) is 9.18 Å². The first-order chi connectivity index (χ1) is 14.1. The normalized spacial score (nSPS) is 11.8. The van der Waals surface area contributed by atoms with Crippen molar-refractivity contribution in [1.29, 1.82) is 0 Å². The van der Waals surface area contributed by atoms with E-state index in [4.69, 9.17) is 0 Å². The molecule has 0 bridgehead atoms. The van der Waals surface area contributed by atoms with Gasteiger partial charge in [0.05, 0.1) is 17.6 Å². The molecule has 0 aliphatic rings. The molecule has 3 aromatic heterocycles. The van der Waals surface area contributed by atoms with E-state index in [-0.39, 0.29) is 11.7 Å². The van der Waals surface area contributed by atoms with E-state index in [1.54, 1.807) is 22.8 Å². The molecule has 1 N–H and O–H groups in total. The molecule has 1 amide bonds. The van der Waals surface area contributed by atoms with E-state index in [1.165, 1.54) is 12.1 Å². The Hall–Kier alpha value is -3.55. The average Bonchev–Trinajstić information content (AvgIpc) is 3.21. The maximum absolute atomic E-state index is 13.4. The van der Waals surface area contributed by atoms with Crippen LogP contribution in [0.25, 0.3) is 28.3 Å². The van der Waals surface area contributed by atoms with Gasteiger partial charge in [-0.15, -0.1) is 0 Å².